The van der Waals surface area contributed by atoms with Crippen LogP contribution in [0.25, 0.3) is 33.2 Å². The summed E-state index contributed by atoms with van der Waals surface area (Å²) in [7, 11) is 4.26. The molecule has 1 unspecified atom stereocenters. The predicted octanol–water partition coefficient (Wildman–Crippen LogP) is 8.06. The molecule has 4 aliphatic rings. The third-order valence-electron chi connectivity index (χ3n) is 11.6. The zero-order chi connectivity index (χ0) is 41.3. The molecule has 0 saturated carbocycles. The van der Waals surface area contributed by atoms with Crippen LogP contribution in [0.1, 0.15) is 57.4 Å². The van der Waals surface area contributed by atoms with Crippen LogP contribution in [0.15, 0.2) is 84.0 Å². The van der Waals surface area contributed by atoms with Gasteiger partial charge in [0, 0.05) is 100 Å². The van der Waals surface area contributed by atoms with Crippen LogP contribution in [0.4, 0.5) is 16.2 Å². The third-order valence-corrected chi connectivity index (χ3v) is 11.6. The molecule has 9 rings (SSSR count). The quantitative estimate of drug-likeness (QED) is 0.136. The number of likely N-dealkylation sites (tertiary alicyclic amines) is 1. The highest BCUT2D eigenvalue weighted by Gasteiger charge is 2.35. The van der Waals surface area contributed by atoms with Crippen LogP contribution in [-0.2, 0) is 16.0 Å². The van der Waals surface area contributed by atoms with Gasteiger partial charge in [0.05, 0.1) is 18.3 Å². The van der Waals surface area contributed by atoms with E-state index in [-0.39, 0.29) is 18.1 Å². The number of phenols is 2. The summed E-state index contributed by atoms with van der Waals surface area (Å²) in [6, 6.07) is 23.5. The number of carbonyl (C=O) groups is 1. The summed E-state index contributed by atoms with van der Waals surface area (Å²) in [4.78, 5) is 23.2. The van der Waals surface area contributed by atoms with Crippen molar-refractivity contribution in [2.24, 2.45) is 16.8 Å². The number of nitrogens with one attached hydrogen (secondary N) is 1. The van der Waals surface area contributed by atoms with E-state index in [1.807, 2.05) is 62.1 Å². The summed E-state index contributed by atoms with van der Waals surface area (Å²) in [5, 5.41) is 28.4. The average molecular weight is 800 g/mol. The van der Waals surface area contributed by atoms with Crippen LogP contribution in [0.5, 0.6) is 11.5 Å². The summed E-state index contributed by atoms with van der Waals surface area (Å²) >= 11 is 0. The second kappa shape index (κ2) is 16.9. The normalized spacial score (nSPS) is 17.8. The molecule has 1 aromatic heterocycles. The Kier molecular flexibility index (Phi) is 11.5. The Labute approximate surface area is 347 Å². The number of nitrogens with zero attached hydrogens (tertiary/aromatic N) is 6. The largest absolute Gasteiger partial charge is 0.508 e. The topological polar surface area (TPSA) is 128 Å². The van der Waals surface area contributed by atoms with Gasteiger partial charge in [0.2, 0.25) is 0 Å². The number of aliphatic imine (C=N–C) groups is 1. The van der Waals surface area contributed by atoms with E-state index in [0.717, 1.165) is 97.8 Å². The second-order valence-electron chi connectivity index (χ2n) is 17.5. The minimum absolute atomic E-state index is 0.0570. The fourth-order valence-electron chi connectivity index (χ4n) is 8.37. The van der Waals surface area contributed by atoms with E-state index in [9.17, 15) is 15.0 Å². The van der Waals surface area contributed by atoms with E-state index in [1.54, 1.807) is 29.2 Å². The maximum Gasteiger partial charge on any atom is 0.410 e. The van der Waals surface area contributed by atoms with E-state index in [1.165, 1.54) is 22.4 Å². The summed E-state index contributed by atoms with van der Waals surface area (Å²) in [5.41, 5.74) is 9.83. The van der Waals surface area contributed by atoms with Crippen molar-refractivity contribution >= 4 is 34.6 Å². The van der Waals surface area contributed by atoms with Crippen LogP contribution >= 0.6 is 0 Å². The van der Waals surface area contributed by atoms with Crippen molar-refractivity contribution in [3.8, 4) is 33.8 Å². The first-order valence-electron chi connectivity index (χ1n) is 20.9. The van der Waals surface area contributed by atoms with Gasteiger partial charge in [-0.3, -0.25) is 4.99 Å². The monoisotopic (exact) mass is 799 g/mol. The SMILES string of the molecule is CN(CC1CN(C(=O)OC(C)(C)C)C1)c1cc(-c2ccc(O)cc2)cc2c1cnn2C1CCCCO1.CN(CC1CNC1)c1cc(-c2ccc(O)cc2)cc2c1C=NC2. The van der Waals surface area contributed by atoms with Crippen molar-refractivity contribution in [2.45, 2.75) is 58.4 Å². The molecule has 0 radical (unpaired) electrons. The molecule has 4 aromatic carbocycles. The fraction of sp³-hybridized carbons (Fsp3) is 0.426. The zero-order valence-electron chi connectivity index (χ0n) is 34.9. The lowest BCUT2D eigenvalue weighted by Gasteiger charge is -2.41. The van der Waals surface area contributed by atoms with Gasteiger partial charge in [0.15, 0.2) is 6.23 Å². The first kappa shape index (κ1) is 40.2. The molecule has 3 N–H and O–H groups in total. The van der Waals surface area contributed by atoms with E-state index in [0.29, 0.717) is 24.8 Å². The van der Waals surface area contributed by atoms with Crippen molar-refractivity contribution in [2.75, 3.05) is 69.8 Å². The molecule has 310 valence electrons. The highest BCUT2D eigenvalue weighted by molar-refractivity contribution is 5.96. The number of aromatic nitrogens is 2. The molecule has 12 heteroatoms. The molecule has 1 amide bonds. The average Bonchev–Trinajstić information content (AvgIpc) is 3.85. The summed E-state index contributed by atoms with van der Waals surface area (Å²) in [6.45, 7) is 12.7. The Morgan fingerprint density at radius 3 is 2.08 bits per heavy atom. The highest BCUT2D eigenvalue weighted by Crippen LogP contribution is 2.37. The molecule has 12 nitrogen and oxygen atoms in total. The minimum atomic E-state index is -0.485. The molecule has 4 aliphatic heterocycles. The molecular weight excluding hydrogens is 743 g/mol. The number of rotatable bonds is 9. The maximum atomic E-state index is 12.3. The second-order valence-corrected chi connectivity index (χ2v) is 17.5. The molecule has 0 aliphatic carbocycles. The Morgan fingerprint density at radius 1 is 0.847 bits per heavy atom. The van der Waals surface area contributed by atoms with E-state index >= 15 is 0 Å². The number of fused-ring (bicyclic) bond motifs is 2. The Balaban J connectivity index is 0.000000180. The third kappa shape index (κ3) is 9.19. The van der Waals surface area contributed by atoms with Crippen LogP contribution in [0.2, 0.25) is 0 Å². The highest BCUT2D eigenvalue weighted by atomic mass is 16.6. The van der Waals surface area contributed by atoms with Gasteiger partial charge in [-0.05, 0) is 116 Å². The molecule has 0 spiro atoms. The van der Waals surface area contributed by atoms with Gasteiger partial charge < -0.3 is 39.7 Å². The van der Waals surface area contributed by atoms with Crippen LogP contribution in [0.3, 0.4) is 0 Å². The summed E-state index contributed by atoms with van der Waals surface area (Å²) in [6.07, 6.45) is 6.81. The lowest BCUT2D eigenvalue weighted by Crippen LogP contribution is -2.54. The van der Waals surface area contributed by atoms with Crippen molar-refractivity contribution in [3.63, 3.8) is 0 Å². The maximum absolute atomic E-state index is 12.3. The molecule has 0 bridgehead atoms. The van der Waals surface area contributed by atoms with Gasteiger partial charge >= 0.3 is 6.09 Å². The van der Waals surface area contributed by atoms with Gasteiger partial charge in [0.1, 0.15) is 17.1 Å². The van der Waals surface area contributed by atoms with Gasteiger partial charge in [-0.15, -0.1) is 0 Å². The van der Waals surface area contributed by atoms with Crippen molar-refractivity contribution in [3.05, 3.63) is 90.1 Å². The number of hydrogen-bond acceptors (Lipinski definition) is 10. The van der Waals surface area contributed by atoms with Crippen molar-refractivity contribution in [1.82, 2.24) is 20.0 Å². The van der Waals surface area contributed by atoms with Gasteiger partial charge in [-0.2, -0.15) is 5.10 Å². The molecular formula is C47H57N7O5. The van der Waals surface area contributed by atoms with Crippen LogP contribution in [-0.4, -0.2) is 103 Å². The zero-order valence-corrected chi connectivity index (χ0v) is 34.9. The predicted molar refractivity (Wildman–Crippen MR) is 235 cm³/mol. The van der Waals surface area contributed by atoms with Gasteiger partial charge in [-0.1, -0.05) is 24.3 Å². The van der Waals surface area contributed by atoms with Gasteiger partial charge in [0.25, 0.3) is 0 Å². The lowest BCUT2D eigenvalue weighted by atomic mass is 9.97. The molecule has 5 aromatic rings. The Bertz CT molecular complexity index is 2280. The molecule has 3 saturated heterocycles. The van der Waals surface area contributed by atoms with E-state index in [2.05, 4.69) is 58.5 Å². The van der Waals surface area contributed by atoms with Crippen molar-refractivity contribution < 1.29 is 24.5 Å². The standard InChI is InChI=1S/C28H36N4O4.C19H21N3O/c1-28(2,3)36-27(34)31-17-19(18-31)16-30(4)24-13-21(20-8-10-22(33)11-9-20)14-25-23(24)15-29-32(25)26-7-5-6-12-35-26;1-22(12-13-8-20-9-13)19-7-15(6-16-10-21-11-18(16)19)14-2-4-17(23)5-3-14/h8-11,13-15,19,26,33H,5-7,12,16-18H2,1-4H3;2-7,11,13,20,23H,8-10,12H2,1H3. The van der Waals surface area contributed by atoms with Crippen LogP contribution in [0, 0.1) is 11.8 Å². The van der Waals surface area contributed by atoms with E-state index < -0.39 is 5.60 Å². The summed E-state index contributed by atoms with van der Waals surface area (Å²) < 4.78 is 13.6. The first-order valence-corrected chi connectivity index (χ1v) is 20.9. The number of aromatic hydroxyl groups is 2. The summed E-state index contributed by atoms with van der Waals surface area (Å²) in [5.74, 6) is 1.64. The molecule has 1 atom stereocenters. The number of benzene rings is 4. The Hall–Kier alpha value is -5.59. The van der Waals surface area contributed by atoms with E-state index in [4.69, 9.17) is 14.6 Å². The minimum Gasteiger partial charge on any atom is -0.508 e. The number of carbonyl (C=O) groups excluding carboxylic acids is 1. The lowest BCUT2D eigenvalue weighted by molar-refractivity contribution is -0.0366. The van der Waals surface area contributed by atoms with Gasteiger partial charge in [-0.25, -0.2) is 9.48 Å². The molecule has 5 heterocycles. The molecule has 59 heavy (non-hydrogen) atoms. The smallest absolute Gasteiger partial charge is 0.410 e. The number of ether oxygens (including phenoxy) is 2. The number of phenolic OH excluding ortho intramolecular Hbond substituents is 2. The Morgan fingerprint density at radius 2 is 1.47 bits per heavy atom. The number of amides is 1. The fourth-order valence-corrected chi connectivity index (χ4v) is 8.37. The number of anilines is 2. The first-order chi connectivity index (χ1) is 28.4. The number of hydrogen-bond donors (Lipinski definition) is 3. The van der Waals surface area contributed by atoms with Crippen molar-refractivity contribution in [1.29, 1.82) is 0 Å². The molecule has 3 fully saturated rings. The van der Waals surface area contributed by atoms with Crippen LogP contribution < -0.4 is 15.1 Å².